The predicted molar refractivity (Wildman–Crippen MR) is 97.3 cm³/mol. The molecule has 0 aliphatic rings. The predicted octanol–water partition coefficient (Wildman–Crippen LogP) is 3.30. The molecule has 3 rings (SSSR count). The van der Waals surface area contributed by atoms with Crippen LogP contribution in [0.3, 0.4) is 0 Å². The van der Waals surface area contributed by atoms with E-state index >= 15 is 0 Å². The Kier molecular flexibility index (Phi) is 4.90. The lowest BCUT2D eigenvalue weighted by Crippen LogP contribution is -2.18. The van der Waals surface area contributed by atoms with Gasteiger partial charge in [0.1, 0.15) is 11.0 Å². The summed E-state index contributed by atoms with van der Waals surface area (Å²) in [5.74, 6) is 0.427. The van der Waals surface area contributed by atoms with Gasteiger partial charge >= 0.3 is 0 Å². The molecule has 0 bridgehead atoms. The number of hydrogen-bond acceptors (Lipinski definition) is 4. The van der Waals surface area contributed by atoms with E-state index in [-0.39, 0.29) is 10.7 Å². The number of nitrogens with one attached hydrogen (secondary N) is 1. The van der Waals surface area contributed by atoms with Crippen molar-refractivity contribution in [3.05, 3.63) is 76.5 Å². The quantitative estimate of drug-likeness (QED) is 0.444. The summed E-state index contributed by atoms with van der Waals surface area (Å²) in [4.78, 5) is 20.3. The largest absolute Gasteiger partial charge is 0.303 e. The monoisotopic (exact) mass is 353 g/mol. The van der Waals surface area contributed by atoms with Gasteiger partial charge in [0, 0.05) is 29.3 Å². The molecule has 0 radical (unpaired) electrons. The molecule has 3 heterocycles. The molecule has 0 aliphatic heterocycles. The van der Waals surface area contributed by atoms with Gasteiger partial charge in [-0.1, -0.05) is 17.7 Å². The third-order valence-corrected chi connectivity index (χ3v) is 4.02. The van der Waals surface area contributed by atoms with Crippen LogP contribution >= 0.6 is 11.6 Å². The molecule has 7 heteroatoms. The van der Waals surface area contributed by atoms with E-state index in [4.69, 9.17) is 11.6 Å². The molecule has 1 N–H and O–H groups in total. The van der Waals surface area contributed by atoms with Gasteiger partial charge in [0.25, 0.3) is 5.91 Å². The molecule has 6 nitrogen and oxygen atoms in total. The average molecular weight is 354 g/mol. The molecule has 3 aromatic heterocycles. The van der Waals surface area contributed by atoms with Crippen molar-refractivity contribution in [1.82, 2.24) is 20.0 Å². The maximum atomic E-state index is 12.1. The van der Waals surface area contributed by atoms with Crippen molar-refractivity contribution in [2.24, 2.45) is 5.10 Å². The molecule has 0 saturated heterocycles. The first-order chi connectivity index (χ1) is 12.1. The highest BCUT2D eigenvalue weighted by Gasteiger charge is 2.11. The minimum atomic E-state index is -0.409. The fraction of sp³-hybridized carbons (Fsp3) is 0.111. The van der Waals surface area contributed by atoms with Gasteiger partial charge in [-0.2, -0.15) is 5.10 Å². The number of halogens is 1. The van der Waals surface area contributed by atoms with E-state index in [1.54, 1.807) is 24.5 Å². The number of aromatic nitrogens is 3. The van der Waals surface area contributed by atoms with Crippen LogP contribution in [0, 0.1) is 13.8 Å². The number of pyridine rings is 2. The highest BCUT2D eigenvalue weighted by molar-refractivity contribution is 6.32. The second kappa shape index (κ2) is 7.27. The van der Waals surface area contributed by atoms with E-state index in [9.17, 15) is 4.79 Å². The van der Waals surface area contributed by atoms with Crippen LogP contribution in [0.15, 0.2) is 53.9 Å². The fourth-order valence-electron chi connectivity index (χ4n) is 2.53. The van der Waals surface area contributed by atoms with Gasteiger partial charge in [0.2, 0.25) is 0 Å². The van der Waals surface area contributed by atoms with Crippen molar-refractivity contribution in [2.75, 3.05) is 0 Å². The van der Waals surface area contributed by atoms with Crippen molar-refractivity contribution in [3.8, 4) is 5.82 Å². The normalized spacial score (nSPS) is 11.0. The lowest BCUT2D eigenvalue weighted by atomic mass is 10.2. The number of hydrazone groups is 1. The molecule has 3 aromatic rings. The van der Waals surface area contributed by atoms with Crippen LogP contribution in [-0.4, -0.2) is 26.7 Å². The second-order valence-electron chi connectivity index (χ2n) is 5.39. The van der Waals surface area contributed by atoms with E-state index in [0.29, 0.717) is 0 Å². The summed E-state index contributed by atoms with van der Waals surface area (Å²) in [7, 11) is 0. The first-order valence-corrected chi connectivity index (χ1v) is 8.00. The van der Waals surface area contributed by atoms with Crippen molar-refractivity contribution in [1.29, 1.82) is 0 Å². The van der Waals surface area contributed by atoms with E-state index in [2.05, 4.69) is 20.5 Å². The lowest BCUT2D eigenvalue weighted by Gasteiger charge is -2.07. The number of nitrogens with zero attached hydrogens (tertiary/aromatic N) is 4. The van der Waals surface area contributed by atoms with E-state index in [1.807, 2.05) is 42.7 Å². The van der Waals surface area contributed by atoms with E-state index < -0.39 is 5.91 Å². The van der Waals surface area contributed by atoms with Crippen LogP contribution in [0.1, 0.15) is 27.3 Å². The van der Waals surface area contributed by atoms with Crippen molar-refractivity contribution >= 4 is 23.7 Å². The van der Waals surface area contributed by atoms with Gasteiger partial charge in [-0.3, -0.25) is 4.79 Å². The van der Waals surface area contributed by atoms with E-state index in [1.165, 1.54) is 6.20 Å². The Morgan fingerprint density at radius 2 is 2.00 bits per heavy atom. The van der Waals surface area contributed by atoms with Gasteiger partial charge < -0.3 is 4.57 Å². The fourth-order valence-corrected chi connectivity index (χ4v) is 2.74. The molecular formula is C18H16ClN5O. The smallest absolute Gasteiger partial charge is 0.274 e. The van der Waals surface area contributed by atoms with Gasteiger partial charge in [-0.05, 0) is 44.2 Å². The maximum Gasteiger partial charge on any atom is 0.274 e. The van der Waals surface area contributed by atoms with Crippen LogP contribution in [0.2, 0.25) is 5.15 Å². The lowest BCUT2D eigenvalue weighted by molar-refractivity contribution is 0.0955. The number of aryl methyl sites for hydroxylation is 1. The summed E-state index contributed by atoms with van der Waals surface area (Å²) >= 11 is 5.90. The number of rotatable bonds is 4. The van der Waals surface area contributed by atoms with Gasteiger partial charge in [0.15, 0.2) is 0 Å². The number of hydrogen-bond donors (Lipinski definition) is 1. The minimum absolute atomic E-state index is 0.142. The summed E-state index contributed by atoms with van der Waals surface area (Å²) in [6.07, 6.45) is 4.87. The molecule has 0 aliphatic carbocycles. The first kappa shape index (κ1) is 16.9. The van der Waals surface area contributed by atoms with E-state index in [0.717, 1.165) is 22.8 Å². The van der Waals surface area contributed by atoms with Crippen LogP contribution < -0.4 is 5.43 Å². The molecule has 25 heavy (non-hydrogen) atoms. The van der Waals surface area contributed by atoms with Crippen molar-refractivity contribution < 1.29 is 4.79 Å². The van der Waals surface area contributed by atoms with Gasteiger partial charge in [0.05, 0.1) is 11.8 Å². The Morgan fingerprint density at radius 1 is 1.20 bits per heavy atom. The number of carbonyl (C=O) groups excluding carboxylic acids is 1. The summed E-state index contributed by atoms with van der Waals surface area (Å²) in [6.45, 7) is 3.97. The zero-order valence-electron chi connectivity index (χ0n) is 13.8. The number of amides is 1. The Labute approximate surface area is 150 Å². The zero-order chi connectivity index (χ0) is 17.8. The Bertz CT molecular complexity index is 934. The molecular weight excluding hydrogens is 338 g/mol. The van der Waals surface area contributed by atoms with Crippen LogP contribution in [0.25, 0.3) is 5.82 Å². The van der Waals surface area contributed by atoms with Gasteiger partial charge in [-0.25, -0.2) is 15.4 Å². The van der Waals surface area contributed by atoms with Crippen molar-refractivity contribution in [2.45, 2.75) is 13.8 Å². The summed E-state index contributed by atoms with van der Waals surface area (Å²) in [5.41, 5.74) is 5.64. The Balaban J connectivity index is 1.79. The highest BCUT2D eigenvalue weighted by Crippen LogP contribution is 2.18. The minimum Gasteiger partial charge on any atom is -0.303 e. The maximum absolute atomic E-state index is 12.1. The highest BCUT2D eigenvalue weighted by atomic mass is 35.5. The third kappa shape index (κ3) is 3.59. The van der Waals surface area contributed by atoms with Crippen LogP contribution in [-0.2, 0) is 0 Å². The summed E-state index contributed by atoms with van der Waals surface area (Å²) < 4.78 is 2.03. The first-order valence-electron chi connectivity index (χ1n) is 7.62. The molecule has 0 atom stereocenters. The summed E-state index contributed by atoms with van der Waals surface area (Å²) in [6, 6.07) is 11.0. The molecule has 0 unspecified atom stereocenters. The molecule has 0 saturated carbocycles. The molecule has 0 fully saturated rings. The standard InChI is InChI=1S/C18H16ClN5O/c1-12-10-14(13(2)24(12)16-7-3-4-8-20-16)11-22-23-18(25)15-6-5-9-21-17(15)19/h3-11H,1-2H3,(H,23,25)/b22-11+. The average Bonchev–Trinajstić information content (AvgIpc) is 2.89. The van der Waals surface area contributed by atoms with Crippen LogP contribution in [0.4, 0.5) is 0 Å². The molecule has 0 spiro atoms. The topological polar surface area (TPSA) is 72.2 Å². The second-order valence-corrected chi connectivity index (χ2v) is 5.75. The Morgan fingerprint density at radius 3 is 2.72 bits per heavy atom. The van der Waals surface area contributed by atoms with Gasteiger partial charge in [-0.15, -0.1) is 0 Å². The molecule has 126 valence electrons. The Hall–Kier alpha value is -2.99. The van der Waals surface area contributed by atoms with Crippen LogP contribution in [0.5, 0.6) is 0 Å². The number of carbonyl (C=O) groups is 1. The molecule has 0 aromatic carbocycles. The van der Waals surface area contributed by atoms with Crippen molar-refractivity contribution in [3.63, 3.8) is 0 Å². The third-order valence-electron chi connectivity index (χ3n) is 3.72. The zero-order valence-corrected chi connectivity index (χ0v) is 14.5. The SMILES string of the molecule is Cc1cc(/C=N/NC(=O)c2cccnc2Cl)c(C)n1-c1ccccn1. The molecule has 1 amide bonds. The summed E-state index contributed by atoms with van der Waals surface area (Å²) in [5, 5.41) is 4.17.